The van der Waals surface area contributed by atoms with Crippen LogP contribution in [0.3, 0.4) is 0 Å². The third-order valence-corrected chi connectivity index (χ3v) is 3.98. The molecule has 134 valence electrons. The molecule has 8 heteroatoms. The predicted molar refractivity (Wildman–Crippen MR) is 82.5 cm³/mol. The second-order valence-corrected chi connectivity index (χ2v) is 5.88. The first-order chi connectivity index (χ1) is 11.6. The Morgan fingerprint density at radius 3 is 2.08 bits per heavy atom. The molecular weight excluding hydrogens is 346 g/mol. The van der Waals surface area contributed by atoms with Crippen molar-refractivity contribution in [1.29, 1.82) is 0 Å². The first-order valence-electron chi connectivity index (χ1n) is 7.51. The molecule has 0 radical (unpaired) electrons. The molecule has 1 aliphatic heterocycles. The maximum Gasteiger partial charge on any atom is 0.416 e. The SMILES string of the molecule is FC(F)(F)c1cc(NC[C@@H]2Cc3ccccc3N2)cc(C(F)(F)F)c1. The molecule has 1 heterocycles. The number of rotatable bonds is 3. The first-order valence-corrected chi connectivity index (χ1v) is 7.51. The molecule has 1 aliphatic rings. The summed E-state index contributed by atoms with van der Waals surface area (Å²) in [5.41, 5.74) is -0.872. The summed E-state index contributed by atoms with van der Waals surface area (Å²) in [7, 11) is 0. The molecule has 2 aromatic carbocycles. The number of hydrogen-bond acceptors (Lipinski definition) is 2. The quantitative estimate of drug-likeness (QED) is 0.738. The van der Waals surface area contributed by atoms with Crippen molar-refractivity contribution in [2.75, 3.05) is 17.2 Å². The van der Waals surface area contributed by atoms with Gasteiger partial charge in [0.1, 0.15) is 0 Å². The number of para-hydroxylation sites is 1. The summed E-state index contributed by atoms with van der Waals surface area (Å²) in [6, 6.07) is 8.92. The predicted octanol–water partition coefficient (Wildman–Crippen LogP) is 5.17. The molecule has 0 spiro atoms. The fourth-order valence-corrected chi connectivity index (χ4v) is 2.80. The number of halogens is 6. The minimum atomic E-state index is -4.85. The Balaban J connectivity index is 1.76. The number of alkyl halides is 6. The highest BCUT2D eigenvalue weighted by atomic mass is 19.4. The van der Waals surface area contributed by atoms with E-state index in [0.717, 1.165) is 11.3 Å². The van der Waals surface area contributed by atoms with Gasteiger partial charge in [-0.15, -0.1) is 0 Å². The van der Waals surface area contributed by atoms with Gasteiger partial charge in [0, 0.05) is 24.0 Å². The largest absolute Gasteiger partial charge is 0.416 e. The van der Waals surface area contributed by atoms with Gasteiger partial charge < -0.3 is 10.6 Å². The van der Waals surface area contributed by atoms with Gasteiger partial charge in [-0.3, -0.25) is 0 Å². The summed E-state index contributed by atoms with van der Waals surface area (Å²) in [6.07, 6.45) is -9.05. The Morgan fingerprint density at radius 1 is 0.920 bits per heavy atom. The Labute approximate surface area is 139 Å². The van der Waals surface area contributed by atoms with E-state index >= 15 is 0 Å². The van der Waals surface area contributed by atoms with E-state index in [-0.39, 0.29) is 24.3 Å². The minimum Gasteiger partial charge on any atom is -0.383 e. The zero-order chi connectivity index (χ0) is 18.2. The molecule has 0 amide bonds. The molecule has 0 saturated carbocycles. The highest BCUT2D eigenvalue weighted by molar-refractivity contribution is 5.57. The summed E-state index contributed by atoms with van der Waals surface area (Å²) >= 11 is 0. The molecule has 0 fully saturated rings. The summed E-state index contributed by atoms with van der Waals surface area (Å²) in [5, 5.41) is 5.87. The maximum absolute atomic E-state index is 12.8. The lowest BCUT2D eigenvalue weighted by Crippen LogP contribution is -2.26. The Morgan fingerprint density at radius 2 is 1.52 bits per heavy atom. The number of anilines is 2. The molecule has 1 atom stereocenters. The molecule has 0 unspecified atom stereocenters. The summed E-state index contributed by atoms with van der Waals surface area (Å²) in [5.74, 6) is 0. The molecule has 0 aliphatic carbocycles. The van der Waals surface area contributed by atoms with Crippen LogP contribution in [0.2, 0.25) is 0 Å². The number of hydrogen-bond donors (Lipinski definition) is 2. The zero-order valence-corrected chi connectivity index (χ0v) is 12.8. The van der Waals surface area contributed by atoms with E-state index in [1.165, 1.54) is 0 Å². The summed E-state index contributed by atoms with van der Waals surface area (Å²) in [4.78, 5) is 0. The average Bonchev–Trinajstić information content (AvgIpc) is 2.94. The van der Waals surface area contributed by atoms with Gasteiger partial charge in [-0.05, 0) is 36.2 Å². The van der Waals surface area contributed by atoms with E-state index < -0.39 is 23.5 Å². The first kappa shape index (κ1) is 17.4. The van der Waals surface area contributed by atoms with Crippen LogP contribution in [0.5, 0.6) is 0 Å². The van der Waals surface area contributed by atoms with Crippen LogP contribution in [-0.4, -0.2) is 12.6 Å². The van der Waals surface area contributed by atoms with Crippen LogP contribution >= 0.6 is 0 Å². The normalized spacial score (nSPS) is 17.1. The summed E-state index contributed by atoms with van der Waals surface area (Å²) < 4.78 is 77.1. The Bertz CT molecular complexity index is 709. The van der Waals surface area contributed by atoms with Crippen molar-refractivity contribution >= 4 is 11.4 Å². The lowest BCUT2D eigenvalue weighted by molar-refractivity contribution is -0.143. The van der Waals surface area contributed by atoms with Crippen molar-refractivity contribution in [2.45, 2.75) is 24.8 Å². The lowest BCUT2D eigenvalue weighted by atomic mass is 10.1. The monoisotopic (exact) mass is 360 g/mol. The van der Waals surface area contributed by atoms with Crippen LogP contribution < -0.4 is 10.6 Å². The van der Waals surface area contributed by atoms with E-state index in [1.54, 1.807) is 0 Å². The van der Waals surface area contributed by atoms with E-state index in [2.05, 4.69) is 10.6 Å². The van der Waals surface area contributed by atoms with Gasteiger partial charge in [0.05, 0.1) is 11.1 Å². The Hall–Kier alpha value is -2.38. The van der Waals surface area contributed by atoms with Crippen LogP contribution in [0.25, 0.3) is 0 Å². The number of nitrogens with one attached hydrogen (secondary N) is 2. The van der Waals surface area contributed by atoms with E-state index in [1.807, 2.05) is 24.3 Å². The van der Waals surface area contributed by atoms with Gasteiger partial charge in [0.25, 0.3) is 0 Å². The van der Waals surface area contributed by atoms with Crippen LogP contribution in [-0.2, 0) is 18.8 Å². The second kappa shape index (κ2) is 6.16. The van der Waals surface area contributed by atoms with Crippen molar-refractivity contribution in [3.63, 3.8) is 0 Å². The average molecular weight is 360 g/mol. The van der Waals surface area contributed by atoms with Crippen molar-refractivity contribution in [2.24, 2.45) is 0 Å². The van der Waals surface area contributed by atoms with E-state index in [0.29, 0.717) is 18.6 Å². The fourth-order valence-electron chi connectivity index (χ4n) is 2.80. The standard InChI is InChI=1S/C17H14F6N2/c18-16(19,20)11-6-12(17(21,22)23)8-13(7-11)24-9-14-5-10-3-1-2-4-15(10)25-14/h1-4,6-8,14,24-25H,5,9H2/t14-/m0/s1. The molecule has 2 N–H and O–H groups in total. The fraction of sp³-hybridized carbons (Fsp3) is 0.294. The lowest BCUT2D eigenvalue weighted by Gasteiger charge is -2.17. The smallest absolute Gasteiger partial charge is 0.383 e. The molecule has 0 bridgehead atoms. The maximum atomic E-state index is 12.8. The van der Waals surface area contributed by atoms with E-state index in [9.17, 15) is 26.3 Å². The molecule has 2 aromatic rings. The minimum absolute atomic E-state index is 0.110. The van der Waals surface area contributed by atoms with E-state index in [4.69, 9.17) is 0 Å². The highest BCUT2D eigenvalue weighted by Gasteiger charge is 2.37. The van der Waals surface area contributed by atoms with Crippen molar-refractivity contribution < 1.29 is 26.3 Å². The van der Waals surface area contributed by atoms with Gasteiger partial charge in [0.15, 0.2) is 0 Å². The zero-order valence-electron chi connectivity index (χ0n) is 12.8. The topological polar surface area (TPSA) is 24.1 Å². The third-order valence-electron chi connectivity index (χ3n) is 3.98. The third kappa shape index (κ3) is 4.00. The second-order valence-electron chi connectivity index (χ2n) is 5.88. The number of fused-ring (bicyclic) bond motifs is 1. The molecule has 25 heavy (non-hydrogen) atoms. The molecule has 0 aromatic heterocycles. The highest BCUT2D eigenvalue weighted by Crippen LogP contribution is 2.37. The molecule has 2 nitrogen and oxygen atoms in total. The van der Waals surface area contributed by atoms with Gasteiger partial charge in [0.2, 0.25) is 0 Å². The molecule has 3 rings (SSSR count). The van der Waals surface area contributed by atoms with Gasteiger partial charge in [-0.2, -0.15) is 26.3 Å². The Kier molecular flexibility index (Phi) is 4.30. The van der Waals surface area contributed by atoms with Crippen LogP contribution in [0.4, 0.5) is 37.7 Å². The van der Waals surface area contributed by atoms with Gasteiger partial charge in [-0.1, -0.05) is 18.2 Å². The van der Waals surface area contributed by atoms with Crippen molar-refractivity contribution in [3.05, 3.63) is 59.2 Å². The van der Waals surface area contributed by atoms with Crippen LogP contribution in [0, 0.1) is 0 Å². The molecule has 0 saturated heterocycles. The van der Waals surface area contributed by atoms with Crippen molar-refractivity contribution in [3.8, 4) is 0 Å². The van der Waals surface area contributed by atoms with Crippen LogP contribution in [0.1, 0.15) is 16.7 Å². The van der Waals surface area contributed by atoms with Gasteiger partial charge in [-0.25, -0.2) is 0 Å². The van der Waals surface area contributed by atoms with Crippen molar-refractivity contribution in [1.82, 2.24) is 0 Å². The summed E-state index contributed by atoms with van der Waals surface area (Å²) in [6.45, 7) is 0.202. The number of benzene rings is 2. The van der Waals surface area contributed by atoms with Crippen LogP contribution in [0.15, 0.2) is 42.5 Å². The van der Waals surface area contributed by atoms with Gasteiger partial charge >= 0.3 is 12.4 Å². The molecular formula is C17H14F6N2.